The molecule has 0 radical (unpaired) electrons. The Morgan fingerprint density at radius 3 is 2.95 bits per heavy atom. The van der Waals surface area contributed by atoms with Crippen LogP contribution in [0.4, 0.5) is 11.5 Å². The second kappa shape index (κ2) is 4.80. The average Bonchev–Trinajstić information content (AvgIpc) is 2.46. The molecular weight excluding hydrogens is 256 g/mol. The monoisotopic (exact) mass is 270 g/mol. The van der Waals surface area contributed by atoms with Crippen molar-refractivity contribution in [3.05, 3.63) is 41.9 Å². The number of aryl methyl sites for hydroxylation is 1. The number of hydrogen-bond acceptors (Lipinski definition) is 5. The summed E-state index contributed by atoms with van der Waals surface area (Å²) in [7, 11) is 0. The molecule has 20 heavy (non-hydrogen) atoms. The van der Waals surface area contributed by atoms with Crippen LogP contribution in [0, 0.1) is 6.92 Å². The van der Waals surface area contributed by atoms with Crippen LogP contribution in [0.25, 0.3) is 0 Å². The molecule has 6 heteroatoms. The van der Waals surface area contributed by atoms with E-state index in [1.54, 1.807) is 4.90 Å². The number of ether oxygens (including phenoxy) is 1. The molecule has 1 aliphatic heterocycles. The van der Waals surface area contributed by atoms with E-state index in [1.807, 2.05) is 25.1 Å². The highest BCUT2D eigenvalue weighted by molar-refractivity contribution is 6.08. The van der Waals surface area contributed by atoms with Gasteiger partial charge in [0.05, 0.1) is 12.2 Å². The van der Waals surface area contributed by atoms with Gasteiger partial charge in [-0.25, -0.2) is 9.97 Å². The van der Waals surface area contributed by atoms with Crippen LogP contribution in [0.5, 0.6) is 5.75 Å². The molecule has 2 heterocycles. The highest BCUT2D eigenvalue weighted by atomic mass is 16.5. The lowest BCUT2D eigenvalue weighted by Gasteiger charge is -2.29. The molecule has 6 nitrogen and oxygen atoms in total. The molecule has 0 atom stereocenters. The third kappa shape index (κ3) is 2.05. The second-order valence-corrected chi connectivity index (χ2v) is 4.57. The number of anilines is 2. The quantitative estimate of drug-likeness (QED) is 0.847. The van der Waals surface area contributed by atoms with Gasteiger partial charge in [-0.1, -0.05) is 6.07 Å². The summed E-state index contributed by atoms with van der Waals surface area (Å²) in [6, 6.07) is 5.72. The van der Waals surface area contributed by atoms with Crippen molar-refractivity contribution in [3.63, 3.8) is 0 Å². The van der Waals surface area contributed by atoms with Gasteiger partial charge >= 0.3 is 0 Å². The van der Waals surface area contributed by atoms with E-state index in [4.69, 9.17) is 10.5 Å². The third-order valence-corrected chi connectivity index (χ3v) is 3.15. The maximum absolute atomic E-state index is 12.6. The van der Waals surface area contributed by atoms with Crippen LogP contribution in [0.1, 0.15) is 16.1 Å². The molecule has 0 unspecified atom stereocenters. The van der Waals surface area contributed by atoms with Crippen molar-refractivity contribution in [2.75, 3.05) is 23.8 Å². The molecule has 2 aromatic rings. The van der Waals surface area contributed by atoms with Crippen LogP contribution in [0.15, 0.2) is 30.6 Å². The van der Waals surface area contributed by atoms with Gasteiger partial charge in [0.2, 0.25) is 0 Å². The summed E-state index contributed by atoms with van der Waals surface area (Å²) in [5, 5.41) is 0. The van der Waals surface area contributed by atoms with E-state index in [1.165, 1.54) is 12.4 Å². The molecule has 0 bridgehead atoms. The summed E-state index contributed by atoms with van der Waals surface area (Å²) < 4.78 is 5.59. The molecule has 1 aromatic heterocycles. The number of nitrogens with two attached hydrogens (primary N) is 1. The van der Waals surface area contributed by atoms with Crippen molar-refractivity contribution >= 4 is 17.4 Å². The van der Waals surface area contributed by atoms with Crippen molar-refractivity contribution in [1.29, 1.82) is 0 Å². The lowest BCUT2D eigenvalue weighted by atomic mass is 10.1. The predicted octanol–water partition coefficient (Wildman–Crippen LogP) is 1.41. The third-order valence-electron chi connectivity index (χ3n) is 3.15. The fourth-order valence-corrected chi connectivity index (χ4v) is 2.18. The molecule has 102 valence electrons. The highest BCUT2D eigenvalue weighted by Gasteiger charge is 2.27. The zero-order valence-electron chi connectivity index (χ0n) is 11.0. The molecule has 1 amide bonds. The molecule has 1 aliphatic rings. The highest BCUT2D eigenvalue weighted by Crippen LogP contribution is 2.33. The zero-order chi connectivity index (χ0) is 14.1. The van der Waals surface area contributed by atoms with Gasteiger partial charge in [0.25, 0.3) is 5.91 Å². The Balaban J connectivity index is 2.01. The number of carbonyl (C=O) groups is 1. The van der Waals surface area contributed by atoms with E-state index >= 15 is 0 Å². The first kappa shape index (κ1) is 12.4. The van der Waals surface area contributed by atoms with Crippen LogP contribution in [0.3, 0.4) is 0 Å². The summed E-state index contributed by atoms with van der Waals surface area (Å²) in [5.74, 6) is 0.578. The largest absolute Gasteiger partial charge is 0.490 e. The minimum absolute atomic E-state index is 0.137. The fraction of sp³-hybridized carbons (Fsp3) is 0.214. The number of nitrogen functional groups attached to an aromatic ring is 1. The Bertz CT molecular complexity index is 672. The Labute approximate surface area is 116 Å². The number of rotatable bonds is 1. The lowest BCUT2D eigenvalue weighted by molar-refractivity contribution is 0.0972. The van der Waals surface area contributed by atoms with Gasteiger partial charge in [-0.05, 0) is 24.6 Å². The number of fused-ring (bicyclic) bond motifs is 1. The van der Waals surface area contributed by atoms with Gasteiger partial charge in [0.1, 0.15) is 12.4 Å². The number of amides is 1. The van der Waals surface area contributed by atoms with Crippen molar-refractivity contribution in [3.8, 4) is 5.75 Å². The second-order valence-electron chi connectivity index (χ2n) is 4.57. The van der Waals surface area contributed by atoms with Gasteiger partial charge in [0.15, 0.2) is 11.5 Å². The summed E-state index contributed by atoms with van der Waals surface area (Å²) >= 11 is 0. The zero-order valence-corrected chi connectivity index (χ0v) is 11.0. The Hall–Kier alpha value is -2.63. The van der Waals surface area contributed by atoms with Crippen molar-refractivity contribution in [2.45, 2.75) is 6.92 Å². The molecule has 0 aliphatic carbocycles. The maximum atomic E-state index is 12.6. The number of benzene rings is 1. The molecule has 0 fully saturated rings. The molecule has 0 saturated heterocycles. The summed E-state index contributed by atoms with van der Waals surface area (Å²) in [6.07, 6.45) is 2.92. The first-order chi connectivity index (χ1) is 9.66. The first-order valence-corrected chi connectivity index (χ1v) is 6.28. The maximum Gasteiger partial charge on any atom is 0.280 e. The number of carbonyl (C=O) groups excluding carboxylic acids is 1. The van der Waals surface area contributed by atoms with E-state index < -0.39 is 0 Å². The average molecular weight is 270 g/mol. The smallest absolute Gasteiger partial charge is 0.280 e. The molecule has 0 spiro atoms. The van der Waals surface area contributed by atoms with Crippen molar-refractivity contribution in [1.82, 2.24) is 9.97 Å². The van der Waals surface area contributed by atoms with E-state index in [-0.39, 0.29) is 17.4 Å². The molecular formula is C14H14N4O2. The lowest BCUT2D eigenvalue weighted by Crippen LogP contribution is -2.38. The first-order valence-electron chi connectivity index (χ1n) is 6.28. The summed E-state index contributed by atoms with van der Waals surface area (Å²) in [5.41, 5.74) is 7.70. The molecule has 0 saturated carbocycles. The minimum Gasteiger partial charge on any atom is -0.490 e. The molecule has 1 aromatic carbocycles. The predicted molar refractivity (Wildman–Crippen MR) is 74.8 cm³/mol. The Morgan fingerprint density at radius 1 is 1.35 bits per heavy atom. The number of aromatic nitrogens is 2. The topological polar surface area (TPSA) is 81.3 Å². The SMILES string of the molecule is Cc1ccc2c(c1)OCCN2C(=O)c1nccnc1N. The molecule has 3 rings (SSSR count). The van der Waals surface area contributed by atoms with Crippen molar-refractivity contribution < 1.29 is 9.53 Å². The Morgan fingerprint density at radius 2 is 2.15 bits per heavy atom. The van der Waals surface area contributed by atoms with Gasteiger partial charge in [0, 0.05) is 12.4 Å². The van der Waals surface area contributed by atoms with Gasteiger partial charge in [-0.3, -0.25) is 9.69 Å². The summed E-state index contributed by atoms with van der Waals surface area (Å²) in [4.78, 5) is 22.1. The van der Waals surface area contributed by atoms with Crippen LogP contribution in [-0.4, -0.2) is 29.0 Å². The van der Waals surface area contributed by atoms with Crippen LogP contribution in [0.2, 0.25) is 0 Å². The van der Waals surface area contributed by atoms with Gasteiger partial charge < -0.3 is 10.5 Å². The molecule has 2 N–H and O–H groups in total. The van der Waals surface area contributed by atoms with E-state index in [0.29, 0.717) is 18.9 Å². The standard InChI is InChI=1S/C14H14N4O2/c1-9-2-3-10-11(8-9)20-7-6-18(10)14(19)12-13(15)17-5-4-16-12/h2-5,8H,6-7H2,1H3,(H2,15,17). The number of hydrogen-bond donors (Lipinski definition) is 1. The Kier molecular flexibility index (Phi) is 2.98. The van der Waals surface area contributed by atoms with E-state index in [0.717, 1.165) is 11.3 Å². The van der Waals surface area contributed by atoms with Gasteiger partial charge in [-0.2, -0.15) is 0 Å². The van der Waals surface area contributed by atoms with E-state index in [9.17, 15) is 4.79 Å². The van der Waals surface area contributed by atoms with Crippen molar-refractivity contribution in [2.24, 2.45) is 0 Å². The van der Waals surface area contributed by atoms with E-state index in [2.05, 4.69) is 9.97 Å². The summed E-state index contributed by atoms with van der Waals surface area (Å²) in [6.45, 7) is 2.89. The number of nitrogens with zero attached hydrogens (tertiary/aromatic N) is 3. The normalized spacial score (nSPS) is 13.6. The fourth-order valence-electron chi connectivity index (χ4n) is 2.18. The van der Waals surface area contributed by atoms with Crippen LogP contribution in [-0.2, 0) is 0 Å². The van der Waals surface area contributed by atoms with Crippen LogP contribution >= 0.6 is 0 Å². The van der Waals surface area contributed by atoms with Crippen LogP contribution < -0.4 is 15.4 Å². The minimum atomic E-state index is -0.260. The van der Waals surface area contributed by atoms with Gasteiger partial charge in [-0.15, -0.1) is 0 Å².